The van der Waals surface area contributed by atoms with Crippen LogP contribution in [-0.4, -0.2) is 27.5 Å². The molecular weight excluding hydrogens is 1590 g/mol. The van der Waals surface area contributed by atoms with Crippen molar-refractivity contribution in [1.29, 1.82) is 0 Å². The average Bonchev–Trinajstić information content (AvgIpc) is 1.48. The summed E-state index contributed by atoms with van der Waals surface area (Å²) in [7, 11) is 0. The maximum atomic E-state index is 17.7. The largest absolute Gasteiger partial charge is 0.252 e. The number of pyridine rings is 2. The predicted octanol–water partition coefficient (Wildman–Crippen LogP) is 36.1. The first-order valence-corrected chi connectivity index (χ1v) is 51.8. The van der Waals surface area contributed by atoms with E-state index in [2.05, 4.69) is 103 Å². The van der Waals surface area contributed by atoms with Crippen LogP contribution in [0.3, 0.4) is 0 Å². The molecule has 10 aromatic heterocycles. The highest BCUT2D eigenvalue weighted by Gasteiger charge is 2.33. The van der Waals surface area contributed by atoms with Gasteiger partial charge in [0.25, 0.3) is 0 Å². The second kappa shape index (κ2) is 44.4. The lowest BCUT2D eigenvalue weighted by Crippen LogP contribution is -2.05. The van der Waals surface area contributed by atoms with E-state index in [1.165, 1.54) is 170 Å². The summed E-state index contributed by atoms with van der Waals surface area (Å²) in [6.07, 6.45) is 49.5. The summed E-state index contributed by atoms with van der Waals surface area (Å²) in [5.41, 5.74) is 11.5. The van der Waals surface area contributed by atoms with Crippen LogP contribution in [0.4, 0.5) is 17.6 Å². The molecule has 0 amide bonds. The Bertz CT molecular complexity index is 4970. The zero-order valence-corrected chi connectivity index (χ0v) is 77.0. The molecule has 0 bridgehead atoms. The van der Waals surface area contributed by atoms with Crippen molar-refractivity contribution in [2.24, 2.45) is 0 Å². The summed E-state index contributed by atoms with van der Waals surface area (Å²) in [6, 6.07) is 18.1. The van der Waals surface area contributed by atoms with Crippen LogP contribution in [0.1, 0.15) is 358 Å². The van der Waals surface area contributed by atoms with Gasteiger partial charge < -0.3 is 0 Å². The number of rotatable bonds is 52. The molecule has 3 aromatic carbocycles. The Balaban J connectivity index is 1.00. The van der Waals surface area contributed by atoms with Crippen LogP contribution in [0, 0.1) is 23.3 Å². The number of nitrogens with zero attached hydrogens (tertiary/aromatic N) is 6. The standard InChI is InChI=1S/C98H124F4N6S8/c1-9-17-25-33-35-43-49-65(47-39-29-21-13-5)89-71-59-79(95-67(51-41-31-23-15-7)55-77(111-95)83-87(101)85(99)81(91-93(83)107-115-105-91)75-53-63(61-109-75)45-37-27-19-11-3)113-97(71)69-58-74-70(57-73(69)103-89)98-72(90(104-74)66(48-40-30-22-14-6)50-44-36-34-26-18-10-2)60-80(114-98)96-68(52-42-32-24-16-8)56-78(112-96)84-88(102)86(100)82(92-94(84)108-116-106-92)76-54-64(62-110-76)46-38-28-20-12-4/h53-62,65-66H,9-52H2,1-8H3. The lowest BCUT2D eigenvalue weighted by molar-refractivity contribution is 0.487. The van der Waals surface area contributed by atoms with Crippen LogP contribution < -0.4 is 0 Å². The van der Waals surface area contributed by atoms with Gasteiger partial charge in [0.05, 0.1) is 68.1 Å². The van der Waals surface area contributed by atoms with E-state index in [9.17, 15) is 0 Å². The van der Waals surface area contributed by atoms with Gasteiger partial charge in [-0.2, -0.15) is 17.5 Å². The van der Waals surface area contributed by atoms with E-state index < -0.39 is 23.3 Å². The van der Waals surface area contributed by atoms with Crippen molar-refractivity contribution >= 4 is 156 Å². The number of hydrogen-bond acceptors (Lipinski definition) is 14. The van der Waals surface area contributed by atoms with Crippen LogP contribution >= 0.6 is 91.5 Å². The highest BCUT2D eigenvalue weighted by atomic mass is 32.1. The van der Waals surface area contributed by atoms with Gasteiger partial charge in [0.15, 0.2) is 23.3 Å². The summed E-state index contributed by atoms with van der Waals surface area (Å²) >= 11 is 11.9. The maximum absolute atomic E-state index is 17.7. The fourth-order valence-corrected chi connectivity index (χ4v) is 25.9. The molecule has 2 unspecified atom stereocenters. The number of benzene rings is 3. The fraction of sp³-hybridized carbons (Fsp3) is 0.551. The number of aryl methyl sites for hydroxylation is 4. The average molecular weight is 1720 g/mol. The summed E-state index contributed by atoms with van der Waals surface area (Å²) < 4.78 is 91.8. The third-order valence-electron chi connectivity index (χ3n) is 24.3. The fourth-order valence-electron chi connectivity index (χ4n) is 17.7. The zero-order valence-electron chi connectivity index (χ0n) is 70.5. The Morgan fingerprint density at radius 1 is 0.284 bits per heavy atom. The summed E-state index contributed by atoms with van der Waals surface area (Å²) in [5.74, 6) is -2.97. The van der Waals surface area contributed by atoms with Gasteiger partial charge in [-0.3, -0.25) is 9.97 Å². The lowest BCUT2D eigenvalue weighted by Gasteiger charge is -2.20. The Morgan fingerprint density at radius 2 is 0.578 bits per heavy atom. The molecule has 0 aliphatic heterocycles. The molecule has 116 heavy (non-hydrogen) atoms. The van der Waals surface area contributed by atoms with Crippen molar-refractivity contribution in [2.45, 2.75) is 350 Å². The van der Waals surface area contributed by atoms with Crippen molar-refractivity contribution in [2.75, 3.05) is 0 Å². The van der Waals surface area contributed by atoms with E-state index >= 15 is 17.6 Å². The first kappa shape index (κ1) is 88.3. The van der Waals surface area contributed by atoms with E-state index in [1.54, 1.807) is 22.7 Å². The first-order chi connectivity index (χ1) is 56.9. The third-order valence-corrected chi connectivity index (χ3v) is 32.4. The number of unbranched alkanes of at least 4 members (excludes halogenated alkanes) is 28. The van der Waals surface area contributed by atoms with E-state index in [-0.39, 0.29) is 34.1 Å². The molecule has 6 nitrogen and oxygen atoms in total. The molecule has 0 N–H and O–H groups in total. The highest BCUT2D eigenvalue weighted by molar-refractivity contribution is 7.28. The predicted molar refractivity (Wildman–Crippen MR) is 504 cm³/mol. The zero-order chi connectivity index (χ0) is 80.9. The monoisotopic (exact) mass is 1720 g/mol. The molecular formula is C98H124F4N6S8. The number of thiophene rings is 6. The SMILES string of the molecule is CCCCCCCCC(CCCCCC)c1nc2cc3c(cc2c2sc(-c4sc(-c5c(F)c(F)c(-c6cc(CCCCCC)cs6)c6nsnc56)cc4CCCCCC)cc12)nc(C(CCCCCC)CCCCCCCC)c1cc(-c2sc(-c4c(F)c(F)c(-c5cc(CCCCCC)cs5)c5nsnc45)cc2CCCCCC)sc13. The van der Waals surface area contributed by atoms with Crippen molar-refractivity contribution < 1.29 is 17.6 Å². The number of fused-ring (bicyclic) bond motifs is 8. The Kier molecular flexibility index (Phi) is 33.8. The van der Waals surface area contributed by atoms with Crippen molar-refractivity contribution in [1.82, 2.24) is 27.5 Å². The smallest absolute Gasteiger partial charge is 0.170 e. The topological polar surface area (TPSA) is 77.3 Å². The van der Waals surface area contributed by atoms with Gasteiger partial charge in [-0.15, -0.1) is 68.0 Å². The van der Waals surface area contributed by atoms with Crippen molar-refractivity contribution in [3.8, 4) is 61.3 Å². The van der Waals surface area contributed by atoms with E-state index in [0.29, 0.717) is 41.6 Å². The second-order valence-corrected chi connectivity index (χ2v) is 40.4. The molecule has 13 aromatic rings. The quantitative estimate of drug-likeness (QED) is 0.0215. The maximum Gasteiger partial charge on any atom is 0.170 e. The number of halogens is 4. The Labute approximate surface area is 721 Å². The van der Waals surface area contributed by atoms with E-state index in [0.717, 1.165) is 254 Å². The van der Waals surface area contributed by atoms with Gasteiger partial charge in [-0.05, 0) is 159 Å². The molecule has 622 valence electrons. The van der Waals surface area contributed by atoms with Crippen LogP contribution in [0.5, 0.6) is 0 Å². The summed E-state index contributed by atoms with van der Waals surface area (Å²) in [5, 5.41) is 8.80. The highest BCUT2D eigenvalue weighted by Crippen LogP contribution is 2.54. The van der Waals surface area contributed by atoms with Gasteiger partial charge in [-0.1, -0.05) is 261 Å². The van der Waals surface area contributed by atoms with Crippen LogP contribution in [0.15, 0.2) is 59.3 Å². The molecule has 0 radical (unpaired) electrons. The molecule has 0 saturated carbocycles. The van der Waals surface area contributed by atoms with Crippen molar-refractivity contribution in [3.05, 3.63) is 116 Å². The van der Waals surface area contributed by atoms with Gasteiger partial charge in [0, 0.05) is 81.8 Å². The minimum atomic E-state index is -0.860. The normalized spacial score (nSPS) is 12.7. The van der Waals surface area contributed by atoms with Crippen LogP contribution in [-0.2, 0) is 25.7 Å². The van der Waals surface area contributed by atoms with Gasteiger partial charge in [0.1, 0.15) is 22.1 Å². The van der Waals surface area contributed by atoms with Gasteiger partial charge in [-0.25, -0.2) is 17.6 Å². The van der Waals surface area contributed by atoms with Crippen molar-refractivity contribution in [3.63, 3.8) is 0 Å². The lowest BCUT2D eigenvalue weighted by atomic mass is 9.88. The Morgan fingerprint density at radius 3 is 0.914 bits per heavy atom. The second-order valence-electron chi connectivity index (χ2n) is 33.3. The van der Waals surface area contributed by atoms with Crippen LogP contribution in [0.25, 0.3) is 125 Å². The molecule has 0 fully saturated rings. The summed E-state index contributed by atoms with van der Waals surface area (Å²) in [4.78, 5) is 19.4. The molecule has 0 saturated heterocycles. The minimum absolute atomic E-state index is 0.205. The van der Waals surface area contributed by atoms with Gasteiger partial charge >= 0.3 is 0 Å². The first-order valence-electron chi connectivity index (χ1n) is 45.3. The van der Waals surface area contributed by atoms with E-state index in [4.69, 9.17) is 27.5 Å². The number of hydrogen-bond donors (Lipinski definition) is 0. The molecule has 0 aliphatic rings. The molecule has 18 heteroatoms. The Hall–Kier alpha value is -5.44. The molecule has 0 spiro atoms. The summed E-state index contributed by atoms with van der Waals surface area (Å²) in [6.45, 7) is 18.1. The number of aromatic nitrogens is 6. The third kappa shape index (κ3) is 21.0. The minimum Gasteiger partial charge on any atom is -0.252 e. The van der Waals surface area contributed by atoms with E-state index in [1.807, 2.05) is 34.8 Å². The molecule has 2 atom stereocenters. The molecule has 10 heterocycles. The molecule has 0 aliphatic carbocycles. The molecule has 13 rings (SSSR count). The van der Waals surface area contributed by atoms with Gasteiger partial charge in [0.2, 0.25) is 0 Å². The van der Waals surface area contributed by atoms with Crippen LogP contribution in [0.2, 0.25) is 0 Å².